The lowest BCUT2D eigenvalue weighted by molar-refractivity contribution is -0.0222. The van der Waals surface area contributed by atoms with Crippen molar-refractivity contribution in [3.05, 3.63) is 53.6 Å². The average molecular weight is 450 g/mol. The van der Waals surface area contributed by atoms with Gasteiger partial charge < -0.3 is 14.8 Å². The minimum Gasteiger partial charge on any atom is -0.346 e. The fourth-order valence-electron chi connectivity index (χ4n) is 3.45. The number of nitrogens with one attached hydrogen (secondary N) is 1. The summed E-state index contributed by atoms with van der Waals surface area (Å²) in [5.74, 6) is -3.51. The van der Waals surface area contributed by atoms with Crippen LogP contribution in [-0.2, 0) is 13.5 Å². The Morgan fingerprint density at radius 2 is 1.88 bits per heavy atom. The number of imidazole rings is 1. The summed E-state index contributed by atoms with van der Waals surface area (Å²) in [6, 6.07) is 0.0685. The molecule has 32 heavy (non-hydrogen) atoms. The second-order valence-electron chi connectivity index (χ2n) is 7.81. The Morgan fingerprint density at radius 3 is 2.53 bits per heavy atom. The third-order valence-electron chi connectivity index (χ3n) is 5.14. The molecule has 3 aromatic heterocycles. The number of pyridine rings is 1. The van der Waals surface area contributed by atoms with Crippen LogP contribution < -0.4 is 10.2 Å². The quantitative estimate of drug-likeness (QED) is 0.577. The first kappa shape index (κ1) is 21.9. The molecule has 1 aliphatic heterocycles. The predicted molar refractivity (Wildman–Crippen MR) is 108 cm³/mol. The zero-order chi connectivity index (χ0) is 22.9. The molecule has 3 aromatic rings. The average Bonchev–Trinajstić information content (AvgIpc) is 3.12. The van der Waals surface area contributed by atoms with Crippen molar-refractivity contribution in [2.75, 3.05) is 23.3 Å². The molecule has 170 valence electrons. The van der Waals surface area contributed by atoms with E-state index in [0.29, 0.717) is 12.2 Å². The van der Waals surface area contributed by atoms with Crippen molar-refractivity contribution in [2.24, 2.45) is 7.05 Å². The zero-order valence-electron chi connectivity index (χ0n) is 17.6. The monoisotopic (exact) mass is 450 g/mol. The maximum absolute atomic E-state index is 14.1. The van der Waals surface area contributed by atoms with Crippen LogP contribution in [-0.4, -0.2) is 48.5 Å². The van der Waals surface area contributed by atoms with Gasteiger partial charge in [-0.15, -0.1) is 0 Å². The van der Waals surface area contributed by atoms with Gasteiger partial charge in [-0.3, -0.25) is 4.98 Å². The summed E-state index contributed by atoms with van der Waals surface area (Å²) in [7, 11) is 1.84. The van der Waals surface area contributed by atoms with Crippen LogP contribution in [0.15, 0.2) is 24.8 Å². The Morgan fingerprint density at radius 1 is 1.12 bits per heavy atom. The topological polar surface area (TPSA) is 84.7 Å². The fraction of sp³-hybridized carbons (Fsp3) is 0.450. The van der Waals surface area contributed by atoms with E-state index in [1.807, 2.05) is 13.2 Å². The first-order valence-corrected chi connectivity index (χ1v) is 10.1. The highest BCUT2D eigenvalue weighted by atomic mass is 19.3. The summed E-state index contributed by atoms with van der Waals surface area (Å²) in [6.07, 6.45) is 4.10. The van der Waals surface area contributed by atoms with E-state index in [9.17, 15) is 17.6 Å². The summed E-state index contributed by atoms with van der Waals surface area (Å²) < 4.78 is 56.3. The van der Waals surface area contributed by atoms with Gasteiger partial charge in [0, 0.05) is 45.2 Å². The smallest absolute Gasteiger partial charge is 0.251 e. The van der Waals surface area contributed by atoms with E-state index in [1.165, 1.54) is 0 Å². The molecule has 0 saturated carbocycles. The van der Waals surface area contributed by atoms with E-state index in [1.54, 1.807) is 22.7 Å². The van der Waals surface area contributed by atoms with Gasteiger partial charge in [0.1, 0.15) is 17.5 Å². The van der Waals surface area contributed by atoms with E-state index in [4.69, 9.17) is 0 Å². The molecule has 0 unspecified atom stereocenters. The number of hydrogen-bond donors (Lipinski definition) is 1. The molecule has 0 aliphatic carbocycles. The first-order chi connectivity index (χ1) is 15.2. The molecule has 1 fully saturated rings. The Balaban J connectivity index is 1.61. The third-order valence-corrected chi connectivity index (χ3v) is 5.14. The van der Waals surface area contributed by atoms with Gasteiger partial charge in [-0.2, -0.15) is 15.0 Å². The molecule has 1 saturated heterocycles. The Labute approximate surface area is 181 Å². The molecule has 1 aliphatic rings. The molecule has 4 rings (SSSR count). The number of anilines is 2. The van der Waals surface area contributed by atoms with Gasteiger partial charge >= 0.3 is 0 Å². The Kier molecular flexibility index (Phi) is 5.94. The van der Waals surface area contributed by atoms with Crippen LogP contribution in [0.5, 0.6) is 0 Å². The SMILES string of the molecule is C[C@H](Nc1nc(Cc2cn(C)cn2)nc(N2CCC(F)(F)CC2)n1)c1ncc(F)cc1F. The third kappa shape index (κ3) is 5.11. The number of piperidine rings is 1. The molecule has 1 N–H and O–H groups in total. The number of aromatic nitrogens is 6. The van der Waals surface area contributed by atoms with Crippen LogP contribution in [0.3, 0.4) is 0 Å². The number of rotatable bonds is 6. The first-order valence-electron chi connectivity index (χ1n) is 10.1. The van der Waals surface area contributed by atoms with Gasteiger partial charge in [0.05, 0.1) is 36.4 Å². The standard InChI is InChI=1S/C20H22F4N8/c1-12(17-15(22)7-13(21)9-25-17)27-18-28-16(8-14-10-31(2)11-26-14)29-19(30-18)32-5-3-20(23,24)4-6-32/h7,9-12H,3-6,8H2,1-2H3,(H,27,28,29,30)/t12-/m0/s1. The molecule has 0 amide bonds. The van der Waals surface area contributed by atoms with Crippen molar-refractivity contribution in [1.82, 2.24) is 29.5 Å². The van der Waals surface area contributed by atoms with Crippen LogP contribution in [0.25, 0.3) is 0 Å². The van der Waals surface area contributed by atoms with Crippen molar-refractivity contribution in [2.45, 2.75) is 38.2 Å². The summed E-state index contributed by atoms with van der Waals surface area (Å²) in [5.41, 5.74) is 0.720. The molecule has 0 bridgehead atoms. The summed E-state index contributed by atoms with van der Waals surface area (Å²) in [5, 5.41) is 2.96. The van der Waals surface area contributed by atoms with Gasteiger partial charge in [0.2, 0.25) is 11.9 Å². The molecule has 0 radical (unpaired) electrons. The normalized spacial score (nSPS) is 16.8. The van der Waals surface area contributed by atoms with Gasteiger partial charge in [0.15, 0.2) is 0 Å². The van der Waals surface area contributed by atoms with E-state index < -0.39 is 23.6 Å². The van der Waals surface area contributed by atoms with Gasteiger partial charge in [-0.25, -0.2) is 22.5 Å². The Hall–Kier alpha value is -3.31. The molecule has 1 atom stereocenters. The van der Waals surface area contributed by atoms with E-state index >= 15 is 0 Å². The molecular weight excluding hydrogens is 428 g/mol. The van der Waals surface area contributed by atoms with Crippen molar-refractivity contribution >= 4 is 11.9 Å². The highest BCUT2D eigenvalue weighted by Gasteiger charge is 2.35. The van der Waals surface area contributed by atoms with Crippen molar-refractivity contribution in [1.29, 1.82) is 0 Å². The van der Waals surface area contributed by atoms with Crippen LogP contribution >= 0.6 is 0 Å². The summed E-state index contributed by atoms with van der Waals surface area (Å²) in [4.78, 5) is 22.9. The van der Waals surface area contributed by atoms with Gasteiger partial charge in [0.25, 0.3) is 5.92 Å². The number of aryl methyl sites for hydroxylation is 1. The van der Waals surface area contributed by atoms with E-state index in [2.05, 4.69) is 30.2 Å². The second kappa shape index (κ2) is 8.67. The Bertz CT molecular complexity index is 1090. The van der Waals surface area contributed by atoms with E-state index in [0.717, 1.165) is 18.0 Å². The highest BCUT2D eigenvalue weighted by Crippen LogP contribution is 2.30. The van der Waals surface area contributed by atoms with Crippen LogP contribution in [0, 0.1) is 11.6 Å². The molecule has 12 heteroatoms. The number of nitrogens with zero attached hydrogens (tertiary/aromatic N) is 7. The lowest BCUT2D eigenvalue weighted by atomic mass is 10.1. The largest absolute Gasteiger partial charge is 0.346 e. The minimum absolute atomic E-state index is 0.00254. The number of hydrogen-bond acceptors (Lipinski definition) is 7. The van der Waals surface area contributed by atoms with Crippen molar-refractivity contribution < 1.29 is 17.6 Å². The maximum Gasteiger partial charge on any atom is 0.251 e. The minimum atomic E-state index is -2.71. The van der Waals surface area contributed by atoms with E-state index in [-0.39, 0.29) is 43.5 Å². The molecule has 0 aromatic carbocycles. The van der Waals surface area contributed by atoms with Gasteiger partial charge in [-0.1, -0.05) is 0 Å². The lowest BCUT2D eigenvalue weighted by Gasteiger charge is -2.32. The molecule has 8 nitrogen and oxygen atoms in total. The summed E-state index contributed by atoms with van der Waals surface area (Å²) >= 11 is 0. The lowest BCUT2D eigenvalue weighted by Crippen LogP contribution is -2.40. The molecular formula is C20H22F4N8. The molecule has 4 heterocycles. The van der Waals surface area contributed by atoms with Gasteiger partial charge in [-0.05, 0) is 6.92 Å². The fourth-order valence-corrected chi connectivity index (χ4v) is 3.45. The summed E-state index contributed by atoms with van der Waals surface area (Å²) in [6.45, 7) is 1.83. The van der Waals surface area contributed by atoms with Crippen molar-refractivity contribution in [3.63, 3.8) is 0 Å². The number of halogens is 4. The molecule has 0 spiro atoms. The highest BCUT2D eigenvalue weighted by molar-refractivity contribution is 5.39. The maximum atomic E-state index is 14.1. The second-order valence-corrected chi connectivity index (χ2v) is 7.81. The van der Waals surface area contributed by atoms with Crippen LogP contribution in [0.2, 0.25) is 0 Å². The van der Waals surface area contributed by atoms with Crippen molar-refractivity contribution in [3.8, 4) is 0 Å². The zero-order valence-corrected chi connectivity index (χ0v) is 17.6. The van der Waals surface area contributed by atoms with Crippen LogP contribution in [0.4, 0.5) is 29.5 Å². The van der Waals surface area contributed by atoms with Crippen LogP contribution in [0.1, 0.15) is 43.0 Å². The number of alkyl halides is 2. The predicted octanol–water partition coefficient (Wildman–Crippen LogP) is 3.28.